The zero-order valence-corrected chi connectivity index (χ0v) is 16.1. The molecule has 0 saturated heterocycles. The van der Waals surface area contributed by atoms with Crippen molar-refractivity contribution in [3.63, 3.8) is 0 Å². The smallest absolute Gasteiger partial charge is 0.160 e. The monoisotopic (exact) mass is 420 g/mol. The molecule has 0 saturated carbocycles. The van der Waals surface area contributed by atoms with E-state index in [9.17, 15) is 0 Å². The fourth-order valence-corrected chi connectivity index (χ4v) is 3.75. The minimum Gasteiger partial charge on any atom is -0.228 e. The van der Waals surface area contributed by atoms with Crippen LogP contribution in [0.1, 0.15) is 0 Å². The van der Waals surface area contributed by atoms with Crippen LogP contribution in [0.2, 0.25) is 5.02 Å². The van der Waals surface area contributed by atoms with Crippen LogP contribution in [0.4, 0.5) is 0 Å². The Bertz CT molecular complexity index is 972. The highest BCUT2D eigenvalue weighted by molar-refractivity contribution is 9.10. The predicted octanol–water partition coefficient (Wildman–Crippen LogP) is 6.89. The van der Waals surface area contributed by atoms with Gasteiger partial charge in [0.15, 0.2) is 5.82 Å². The predicted molar refractivity (Wildman–Crippen MR) is 111 cm³/mol. The highest BCUT2D eigenvalue weighted by atomic mass is 79.9. The van der Waals surface area contributed by atoms with Gasteiger partial charge in [0.25, 0.3) is 0 Å². The van der Waals surface area contributed by atoms with Gasteiger partial charge in [-0.15, -0.1) is 0 Å². The van der Waals surface area contributed by atoms with E-state index >= 15 is 0 Å². The van der Waals surface area contributed by atoms with Crippen LogP contribution in [0.5, 0.6) is 0 Å². The van der Waals surface area contributed by atoms with Crippen LogP contribution < -0.4 is 0 Å². The summed E-state index contributed by atoms with van der Waals surface area (Å²) in [7, 11) is 0. The number of hydrogen-bond acceptors (Lipinski definition) is 2. The molecule has 0 aliphatic rings. The Labute approximate surface area is 165 Å². The van der Waals surface area contributed by atoms with Crippen LogP contribution in [0.3, 0.4) is 0 Å². The fourth-order valence-electron chi connectivity index (χ4n) is 2.79. The maximum Gasteiger partial charge on any atom is 0.160 e. The standard InChI is InChI=1S/C22H14BrClN2/c23-17-12-7-13-18(24)21(17)20-14-19(15-8-3-1-4-9-15)25-22(26-20)16-10-5-2-6-11-16/h1-14H. The molecule has 3 aromatic carbocycles. The molecule has 0 fully saturated rings. The van der Waals surface area contributed by atoms with E-state index in [0.29, 0.717) is 10.8 Å². The molecule has 4 aromatic rings. The minimum absolute atomic E-state index is 0.649. The van der Waals surface area contributed by atoms with E-state index < -0.39 is 0 Å². The molecule has 0 N–H and O–H groups in total. The summed E-state index contributed by atoms with van der Waals surface area (Å²) in [6.45, 7) is 0. The number of halogens is 2. The molecule has 0 radical (unpaired) electrons. The molecule has 1 heterocycles. The molecule has 4 heteroatoms. The second-order valence-corrected chi connectivity index (χ2v) is 7.05. The van der Waals surface area contributed by atoms with Crippen LogP contribution >= 0.6 is 27.5 Å². The van der Waals surface area contributed by atoms with Crippen LogP contribution in [-0.2, 0) is 0 Å². The second-order valence-electron chi connectivity index (χ2n) is 5.79. The van der Waals surface area contributed by atoms with Gasteiger partial charge in [-0.25, -0.2) is 9.97 Å². The maximum absolute atomic E-state index is 6.47. The van der Waals surface area contributed by atoms with Gasteiger partial charge in [-0.2, -0.15) is 0 Å². The average Bonchev–Trinajstić information content (AvgIpc) is 2.69. The maximum atomic E-state index is 6.47. The molecule has 0 aliphatic heterocycles. The van der Waals surface area contributed by atoms with Crippen molar-refractivity contribution in [1.29, 1.82) is 0 Å². The zero-order valence-electron chi connectivity index (χ0n) is 13.7. The van der Waals surface area contributed by atoms with Crippen molar-refractivity contribution in [2.45, 2.75) is 0 Å². The molecule has 1 aromatic heterocycles. The molecule has 2 nitrogen and oxygen atoms in total. The lowest BCUT2D eigenvalue weighted by Crippen LogP contribution is -1.96. The molecule has 0 amide bonds. The quantitative estimate of drug-likeness (QED) is 0.360. The molecule has 26 heavy (non-hydrogen) atoms. The number of hydrogen-bond donors (Lipinski definition) is 0. The van der Waals surface area contributed by atoms with E-state index in [1.165, 1.54) is 0 Å². The van der Waals surface area contributed by atoms with E-state index in [1.54, 1.807) is 0 Å². The van der Waals surface area contributed by atoms with Gasteiger partial charge in [0, 0.05) is 21.2 Å². The SMILES string of the molecule is Clc1cccc(Br)c1-c1cc(-c2ccccc2)nc(-c2ccccc2)n1. The third kappa shape index (κ3) is 3.41. The van der Waals surface area contributed by atoms with Gasteiger partial charge in [0.1, 0.15) is 0 Å². The summed E-state index contributed by atoms with van der Waals surface area (Å²) in [6, 6.07) is 27.8. The van der Waals surface area contributed by atoms with E-state index in [4.69, 9.17) is 21.6 Å². The summed E-state index contributed by atoms with van der Waals surface area (Å²) in [5.41, 5.74) is 4.52. The van der Waals surface area contributed by atoms with Gasteiger partial charge in [0.05, 0.1) is 16.4 Å². The average molecular weight is 422 g/mol. The largest absolute Gasteiger partial charge is 0.228 e. The van der Waals surface area contributed by atoms with Gasteiger partial charge in [-0.05, 0) is 18.2 Å². The molecule has 0 unspecified atom stereocenters. The topological polar surface area (TPSA) is 25.8 Å². The first-order valence-electron chi connectivity index (χ1n) is 8.17. The summed E-state index contributed by atoms with van der Waals surface area (Å²) >= 11 is 10.1. The Kier molecular flexibility index (Phi) is 4.83. The van der Waals surface area contributed by atoms with Crippen LogP contribution in [0.15, 0.2) is 89.4 Å². The van der Waals surface area contributed by atoms with Crippen molar-refractivity contribution in [2.75, 3.05) is 0 Å². The minimum atomic E-state index is 0.649. The number of nitrogens with zero attached hydrogens (tertiary/aromatic N) is 2. The summed E-state index contributed by atoms with van der Waals surface area (Å²) in [5, 5.41) is 0.649. The first-order valence-corrected chi connectivity index (χ1v) is 9.34. The van der Waals surface area contributed by atoms with E-state index in [2.05, 4.69) is 15.9 Å². The molecule has 0 bridgehead atoms. The number of benzene rings is 3. The summed E-state index contributed by atoms with van der Waals surface area (Å²) in [4.78, 5) is 9.58. The first-order chi connectivity index (χ1) is 12.7. The van der Waals surface area contributed by atoms with Crippen LogP contribution in [0, 0.1) is 0 Å². The zero-order chi connectivity index (χ0) is 17.9. The van der Waals surface area contributed by atoms with E-state index in [-0.39, 0.29) is 0 Å². The molecule has 0 atom stereocenters. The molecule has 126 valence electrons. The highest BCUT2D eigenvalue weighted by Gasteiger charge is 2.14. The summed E-state index contributed by atoms with van der Waals surface area (Å²) in [6.07, 6.45) is 0. The first kappa shape index (κ1) is 17.0. The van der Waals surface area contributed by atoms with Crippen molar-refractivity contribution in [3.8, 4) is 33.9 Å². The molecule has 4 rings (SSSR count). The van der Waals surface area contributed by atoms with Crippen molar-refractivity contribution in [2.24, 2.45) is 0 Å². The van der Waals surface area contributed by atoms with Crippen LogP contribution in [0.25, 0.3) is 33.9 Å². The van der Waals surface area contributed by atoms with Gasteiger partial charge in [0.2, 0.25) is 0 Å². The summed E-state index contributed by atoms with van der Waals surface area (Å²) in [5.74, 6) is 0.675. The number of aromatic nitrogens is 2. The molecular formula is C22H14BrClN2. The van der Waals surface area contributed by atoms with E-state index in [1.807, 2.05) is 84.9 Å². The normalized spacial score (nSPS) is 10.7. The second kappa shape index (κ2) is 7.40. The highest BCUT2D eigenvalue weighted by Crippen LogP contribution is 2.36. The van der Waals surface area contributed by atoms with E-state index in [0.717, 1.165) is 32.6 Å². The molecular weight excluding hydrogens is 408 g/mol. The lowest BCUT2D eigenvalue weighted by Gasteiger charge is -2.11. The Morgan fingerprint density at radius 2 is 1.27 bits per heavy atom. The summed E-state index contributed by atoms with van der Waals surface area (Å²) < 4.78 is 0.904. The van der Waals surface area contributed by atoms with Crippen molar-refractivity contribution < 1.29 is 0 Å². The van der Waals surface area contributed by atoms with Crippen molar-refractivity contribution in [3.05, 3.63) is 94.4 Å². The lowest BCUT2D eigenvalue weighted by atomic mass is 10.1. The van der Waals surface area contributed by atoms with Crippen molar-refractivity contribution >= 4 is 27.5 Å². The Morgan fingerprint density at radius 1 is 0.654 bits per heavy atom. The Balaban J connectivity index is 1.97. The van der Waals surface area contributed by atoms with Gasteiger partial charge in [-0.3, -0.25) is 0 Å². The van der Waals surface area contributed by atoms with Gasteiger partial charge in [-0.1, -0.05) is 94.3 Å². The number of rotatable bonds is 3. The van der Waals surface area contributed by atoms with Crippen LogP contribution in [-0.4, -0.2) is 9.97 Å². The Hall–Kier alpha value is -2.49. The molecule has 0 spiro atoms. The molecule has 0 aliphatic carbocycles. The van der Waals surface area contributed by atoms with Crippen molar-refractivity contribution in [1.82, 2.24) is 9.97 Å². The van der Waals surface area contributed by atoms with Gasteiger partial charge < -0.3 is 0 Å². The fraction of sp³-hybridized carbons (Fsp3) is 0. The lowest BCUT2D eigenvalue weighted by molar-refractivity contribution is 1.18. The third-order valence-corrected chi connectivity index (χ3v) is 5.02. The Morgan fingerprint density at radius 3 is 1.92 bits per heavy atom. The van der Waals surface area contributed by atoms with Gasteiger partial charge >= 0.3 is 0 Å². The third-order valence-electron chi connectivity index (χ3n) is 4.05.